The van der Waals surface area contributed by atoms with Crippen molar-refractivity contribution in [3.63, 3.8) is 0 Å². The maximum atomic E-state index is 12.2. The highest BCUT2D eigenvalue weighted by molar-refractivity contribution is 5.85. The molecule has 7 unspecified atom stereocenters. The molecule has 0 saturated heterocycles. The largest absolute Gasteiger partial charge is 0.462 e. The lowest BCUT2D eigenvalue weighted by molar-refractivity contribution is -0.270. The van der Waals surface area contributed by atoms with Crippen LogP contribution in [-0.2, 0) is 19.1 Å². The van der Waals surface area contributed by atoms with Crippen molar-refractivity contribution in [3.8, 4) is 0 Å². The molecule has 0 spiro atoms. The van der Waals surface area contributed by atoms with E-state index in [-0.39, 0.29) is 47.8 Å². The van der Waals surface area contributed by atoms with Gasteiger partial charge in [-0.05, 0) is 74.7 Å². The third kappa shape index (κ3) is 2.83. The minimum absolute atomic E-state index is 0.0109. The van der Waals surface area contributed by atoms with Crippen LogP contribution < -0.4 is 0 Å². The van der Waals surface area contributed by atoms with Gasteiger partial charge in [-0.1, -0.05) is 6.92 Å². The zero-order chi connectivity index (χ0) is 22.9. The summed E-state index contributed by atoms with van der Waals surface area (Å²) in [6, 6.07) is 0. The van der Waals surface area contributed by atoms with Crippen molar-refractivity contribution in [3.05, 3.63) is 11.6 Å². The lowest BCUT2D eigenvalue weighted by atomic mass is 9.41. The number of hydrogen-bond acceptors (Lipinski definition) is 7. The Kier molecular flexibility index (Phi) is 5.08. The Labute approximate surface area is 189 Å². The van der Waals surface area contributed by atoms with Crippen molar-refractivity contribution in [1.29, 1.82) is 0 Å². The number of fused-ring (bicyclic) bond motifs is 5. The van der Waals surface area contributed by atoms with Crippen LogP contribution in [0.25, 0.3) is 0 Å². The number of carbonyl (C=O) groups excluding carboxylic acids is 2. The number of esters is 2. The van der Waals surface area contributed by atoms with Gasteiger partial charge in [0, 0.05) is 30.3 Å². The van der Waals surface area contributed by atoms with Crippen molar-refractivity contribution < 1.29 is 34.4 Å². The summed E-state index contributed by atoms with van der Waals surface area (Å²) in [4.78, 5) is 23.2. The van der Waals surface area contributed by atoms with E-state index in [0.29, 0.717) is 45.1 Å². The Bertz CT molecular complexity index is 853. The molecule has 178 valence electrons. The van der Waals surface area contributed by atoms with Gasteiger partial charge in [0.15, 0.2) is 0 Å². The van der Waals surface area contributed by atoms with Gasteiger partial charge in [-0.2, -0.15) is 0 Å². The van der Waals surface area contributed by atoms with Crippen LogP contribution in [0.4, 0.5) is 0 Å². The smallest absolute Gasteiger partial charge is 0.331 e. The summed E-state index contributed by atoms with van der Waals surface area (Å²) in [7, 11) is 0. The molecule has 5 aliphatic rings. The molecule has 1 aliphatic heterocycles. The maximum absolute atomic E-state index is 12.2. The summed E-state index contributed by atoms with van der Waals surface area (Å²) in [5.41, 5.74) is -2.04. The normalized spacial score (nSPS) is 50.0. The monoisotopic (exact) mass is 448 g/mol. The SMILES string of the molecule is CC(=O)OC1CCC2(CO)C3CCC4(C)[C@H](C5=CC(=O)OC5)CCC4(O)C3CCC2(O)C1. The fourth-order valence-electron chi connectivity index (χ4n) is 8.83. The molecule has 0 bridgehead atoms. The highest BCUT2D eigenvalue weighted by Crippen LogP contribution is 2.70. The van der Waals surface area contributed by atoms with Gasteiger partial charge >= 0.3 is 11.9 Å². The van der Waals surface area contributed by atoms with Crippen LogP contribution >= 0.6 is 0 Å². The second-order valence-electron chi connectivity index (χ2n) is 11.4. The van der Waals surface area contributed by atoms with E-state index >= 15 is 0 Å². The van der Waals surface area contributed by atoms with Crippen molar-refractivity contribution in [2.24, 2.45) is 28.6 Å². The third-order valence-electron chi connectivity index (χ3n) is 10.4. The first-order valence-electron chi connectivity index (χ1n) is 12.2. The Morgan fingerprint density at radius 2 is 1.88 bits per heavy atom. The zero-order valence-electron chi connectivity index (χ0n) is 19.1. The Morgan fingerprint density at radius 3 is 2.53 bits per heavy atom. The number of rotatable bonds is 3. The van der Waals surface area contributed by atoms with E-state index < -0.39 is 16.6 Å². The molecule has 4 saturated carbocycles. The number of cyclic esters (lactones) is 1. The van der Waals surface area contributed by atoms with Gasteiger partial charge < -0.3 is 24.8 Å². The van der Waals surface area contributed by atoms with E-state index in [2.05, 4.69) is 6.92 Å². The molecule has 1 heterocycles. The van der Waals surface area contributed by atoms with Crippen LogP contribution in [0.5, 0.6) is 0 Å². The lowest BCUT2D eigenvalue weighted by Crippen LogP contribution is -2.69. The average Bonchev–Trinajstić information content (AvgIpc) is 3.27. The summed E-state index contributed by atoms with van der Waals surface area (Å²) in [6.45, 7) is 3.75. The molecule has 7 heteroatoms. The van der Waals surface area contributed by atoms with Gasteiger partial charge in [-0.15, -0.1) is 0 Å². The van der Waals surface area contributed by atoms with E-state index in [1.54, 1.807) is 6.08 Å². The first kappa shape index (κ1) is 22.4. The molecule has 0 amide bonds. The van der Waals surface area contributed by atoms with Crippen molar-refractivity contribution in [1.82, 2.24) is 0 Å². The summed E-state index contributed by atoms with van der Waals surface area (Å²) < 4.78 is 10.6. The topological polar surface area (TPSA) is 113 Å². The summed E-state index contributed by atoms with van der Waals surface area (Å²) in [5.74, 6) is -0.517. The number of ether oxygens (including phenoxy) is 2. The molecule has 0 aromatic rings. The number of hydrogen-bond donors (Lipinski definition) is 3. The van der Waals surface area contributed by atoms with Gasteiger partial charge in [0.25, 0.3) is 0 Å². The van der Waals surface area contributed by atoms with E-state index in [4.69, 9.17) is 9.47 Å². The molecule has 7 nitrogen and oxygen atoms in total. The van der Waals surface area contributed by atoms with Crippen LogP contribution in [0.15, 0.2) is 11.6 Å². The Morgan fingerprint density at radius 1 is 1.12 bits per heavy atom. The van der Waals surface area contributed by atoms with Crippen molar-refractivity contribution >= 4 is 11.9 Å². The highest BCUT2D eigenvalue weighted by atomic mass is 16.5. The van der Waals surface area contributed by atoms with Gasteiger partial charge in [0.05, 0.1) is 17.8 Å². The fourth-order valence-corrected chi connectivity index (χ4v) is 8.83. The summed E-state index contributed by atoms with van der Waals surface area (Å²) >= 11 is 0. The molecule has 4 fully saturated rings. The molecule has 0 aromatic heterocycles. The molecule has 32 heavy (non-hydrogen) atoms. The van der Waals surface area contributed by atoms with Crippen LogP contribution in [0.2, 0.25) is 0 Å². The van der Waals surface area contributed by atoms with Crippen LogP contribution in [0.1, 0.15) is 71.6 Å². The minimum Gasteiger partial charge on any atom is -0.462 e. The molecule has 0 radical (unpaired) electrons. The zero-order valence-corrected chi connectivity index (χ0v) is 19.1. The van der Waals surface area contributed by atoms with Crippen LogP contribution in [0.3, 0.4) is 0 Å². The van der Waals surface area contributed by atoms with Gasteiger partial charge in [-0.3, -0.25) is 4.79 Å². The van der Waals surface area contributed by atoms with E-state index in [1.165, 1.54) is 6.92 Å². The minimum atomic E-state index is -1.10. The second kappa shape index (κ2) is 7.28. The predicted molar refractivity (Wildman–Crippen MR) is 114 cm³/mol. The molecule has 0 aromatic carbocycles. The van der Waals surface area contributed by atoms with Crippen molar-refractivity contribution in [2.45, 2.75) is 88.9 Å². The van der Waals surface area contributed by atoms with Crippen LogP contribution in [0, 0.1) is 28.6 Å². The quantitative estimate of drug-likeness (QED) is 0.568. The molecule has 5 rings (SSSR count). The molecule has 4 aliphatic carbocycles. The van der Waals surface area contributed by atoms with E-state index in [0.717, 1.165) is 24.8 Å². The van der Waals surface area contributed by atoms with Gasteiger partial charge in [0.2, 0.25) is 0 Å². The van der Waals surface area contributed by atoms with Crippen molar-refractivity contribution in [2.75, 3.05) is 13.2 Å². The van der Waals surface area contributed by atoms with E-state index in [1.807, 2.05) is 0 Å². The third-order valence-corrected chi connectivity index (χ3v) is 10.4. The number of aliphatic hydroxyl groups is 3. The van der Waals surface area contributed by atoms with Gasteiger partial charge in [-0.25, -0.2) is 4.79 Å². The average molecular weight is 449 g/mol. The van der Waals surface area contributed by atoms with Gasteiger partial charge in [0.1, 0.15) is 12.7 Å². The van der Waals surface area contributed by atoms with E-state index in [9.17, 15) is 24.9 Å². The molecule has 3 N–H and O–H groups in total. The molecular weight excluding hydrogens is 412 g/mol. The second-order valence-corrected chi connectivity index (χ2v) is 11.4. The van der Waals surface area contributed by atoms with Crippen LogP contribution in [-0.4, -0.2) is 57.8 Å². The lowest BCUT2D eigenvalue weighted by Gasteiger charge is -2.66. The summed E-state index contributed by atoms with van der Waals surface area (Å²) in [5, 5.41) is 34.7. The predicted octanol–water partition coefficient (Wildman–Crippen LogP) is 2.26. The summed E-state index contributed by atoms with van der Waals surface area (Å²) in [6.07, 6.45) is 7.10. The Hall–Kier alpha value is -1.44. The Balaban J connectivity index is 1.46. The first-order chi connectivity index (χ1) is 15.1. The highest BCUT2D eigenvalue weighted by Gasteiger charge is 2.71. The fraction of sp³-hybridized carbons (Fsp3) is 0.840. The number of carbonyl (C=O) groups is 2. The molecule has 8 atom stereocenters. The first-order valence-corrected chi connectivity index (χ1v) is 12.2. The number of aliphatic hydroxyl groups excluding tert-OH is 1. The molecular formula is C25H36O7. The maximum Gasteiger partial charge on any atom is 0.331 e. The standard InChI is InChI=1S/C25H36O7/c1-15(27)32-17-3-8-23(14-26)19-4-7-22(2)18(16-11-21(28)31-13-16)6-10-25(22,30)20(19)5-9-24(23,29)12-17/h11,17-20,26,29-30H,3-10,12-14H2,1-2H3/t17?,18-,19?,20?,22?,23?,24?,25?/m0/s1.